The minimum atomic E-state index is -0.573. The number of non-ortho nitro benzene ring substituents is 1. The maximum atomic E-state index is 10.6. The summed E-state index contributed by atoms with van der Waals surface area (Å²) in [5.74, 6) is 0.610. The highest BCUT2D eigenvalue weighted by molar-refractivity contribution is 7.97. The molecular weight excluding hydrogens is 258 g/mol. The Morgan fingerprint density at radius 2 is 2.28 bits per heavy atom. The molecule has 0 saturated carbocycles. The van der Waals surface area contributed by atoms with Gasteiger partial charge in [-0.25, -0.2) is 0 Å². The fraction of sp³-hybridized carbons (Fsp3) is 0.333. The summed E-state index contributed by atoms with van der Waals surface area (Å²) in [4.78, 5) is 23.1. The van der Waals surface area contributed by atoms with Gasteiger partial charge in [-0.15, -0.1) is 4.91 Å². The lowest BCUT2D eigenvalue weighted by molar-refractivity contribution is -0.384. The fourth-order valence-corrected chi connectivity index (χ4v) is 1.76. The first-order chi connectivity index (χ1) is 8.69. The number of benzene rings is 1. The maximum Gasteiger partial charge on any atom is 0.271 e. The van der Waals surface area contributed by atoms with Gasteiger partial charge in [0.1, 0.15) is 5.69 Å². The quantitative estimate of drug-likeness (QED) is 0.109. The van der Waals surface area contributed by atoms with Crippen molar-refractivity contribution in [1.29, 1.82) is 0 Å². The molecule has 8 nitrogen and oxygen atoms in total. The van der Waals surface area contributed by atoms with Crippen molar-refractivity contribution in [3.8, 4) is 0 Å². The molecule has 0 aromatic heterocycles. The number of nitro benzene ring substituents is 1. The van der Waals surface area contributed by atoms with Gasteiger partial charge in [0.05, 0.1) is 4.92 Å². The van der Waals surface area contributed by atoms with Crippen LogP contribution in [0.25, 0.3) is 10.4 Å². The van der Waals surface area contributed by atoms with Gasteiger partial charge >= 0.3 is 0 Å². The summed E-state index contributed by atoms with van der Waals surface area (Å²) in [6, 6.07) is 4.01. The molecule has 94 valence electrons. The summed E-state index contributed by atoms with van der Waals surface area (Å²) in [6.07, 6.45) is 1.23. The van der Waals surface area contributed by atoms with Crippen molar-refractivity contribution in [1.82, 2.24) is 0 Å². The lowest BCUT2D eigenvalue weighted by atomic mass is 10.1. The van der Waals surface area contributed by atoms with E-state index < -0.39 is 4.92 Å². The van der Waals surface area contributed by atoms with Crippen molar-refractivity contribution in [3.05, 3.63) is 49.2 Å². The highest BCUT2D eigenvalue weighted by atomic mass is 32.2. The first-order valence-electron chi connectivity index (χ1n) is 4.96. The first-order valence-corrected chi connectivity index (χ1v) is 5.90. The Balaban J connectivity index is 2.68. The molecule has 0 saturated heterocycles. The average Bonchev–Trinajstić information content (AvgIpc) is 2.38. The van der Waals surface area contributed by atoms with Gasteiger partial charge in [0, 0.05) is 22.8 Å². The second kappa shape index (κ2) is 7.25. The monoisotopic (exact) mass is 267 g/mol. The molecule has 0 aliphatic heterocycles. The van der Waals surface area contributed by atoms with Gasteiger partial charge in [0.15, 0.2) is 0 Å². The van der Waals surface area contributed by atoms with Crippen LogP contribution >= 0.6 is 11.9 Å². The van der Waals surface area contributed by atoms with E-state index in [0.717, 1.165) is 18.0 Å². The van der Waals surface area contributed by atoms with Gasteiger partial charge in [-0.05, 0) is 39.7 Å². The summed E-state index contributed by atoms with van der Waals surface area (Å²) in [5, 5.41) is 13.3. The second-order valence-corrected chi connectivity index (χ2v) is 4.10. The molecule has 0 spiro atoms. The van der Waals surface area contributed by atoms with Crippen LogP contribution in [-0.4, -0.2) is 10.7 Å². The van der Waals surface area contributed by atoms with E-state index in [-0.39, 0.29) is 11.4 Å². The average molecular weight is 267 g/mol. The minimum Gasteiger partial charge on any atom is -0.258 e. The Morgan fingerprint density at radius 1 is 1.50 bits per heavy atom. The Labute approximate surface area is 106 Å². The number of azide groups is 1. The molecule has 0 fully saturated rings. The third-order valence-electron chi connectivity index (χ3n) is 2.15. The van der Waals surface area contributed by atoms with Crippen molar-refractivity contribution in [2.24, 2.45) is 9.70 Å². The van der Waals surface area contributed by atoms with E-state index >= 15 is 0 Å². The summed E-state index contributed by atoms with van der Waals surface area (Å²) in [5.41, 5.74) is 8.64. The van der Waals surface area contributed by atoms with Crippen molar-refractivity contribution in [2.45, 2.75) is 12.8 Å². The Morgan fingerprint density at radius 3 is 2.89 bits per heavy atom. The van der Waals surface area contributed by atoms with Crippen LogP contribution in [0.1, 0.15) is 12.0 Å². The number of nitro groups is 1. The van der Waals surface area contributed by atoms with Gasteiger partial charge in [-0.1, -0.05) is 11.9 Å². The van der Waals surface area contributed by atoms with Gasteiger partial charge in [-0.2, -0.15) is 0 Å². The molecule has 9 heteroatoms. The molecule has 1 rings (SSSR count). The lowest BCUT2D eigenvalue weighted by Crippen LogP contribution is -1.91. The van der Waals surface area contributed by atoms with Gasteiger partial charge in [0.25, 0.3) is 5.69 Å². The molecule has 1 aromatic carbocycles. The van der Waals surface area contributed by atoms with E-state index in [4.69, 9.17) is 5.53 Å². The van der Waals surface area contributed by atoms with Gasteiger partial charge < -0.3 is 0 Å². The summed E-state index contributed by atoms with van der Waals surface area (Å²) in [6.45, 7) is 0. The van der Waals surface area contributed by atoms with Crippen LogP contribution in [0.15, 0.2) is 27.9 Å². The summed E-state index contributed by atoms with van der Waals surface area (Å²) < 4.78 is 3.31. The second-order valence-electron chi connectivity index (χ2n) is 3.27. The smallest absolute Gasteiger partial charge is 0.258 e. The highest BCUT2D eigenvalue weighted by Crippen LogP contribution is 2.26. The molecule has 0 amide bonds. The van der Waals surface area contributed by atoms with Crippen molar-refractivity contribution < 1.29 is 4.92 Å². The number of nitrogens with zero attached hydrogens (tertiary/aromatic N) is 5. The number of rotatable bonds is 7. The van der Waals surface area contributed by atoms with Gasteiger partial charge in [0.2, 0.25) is 0 Å². The van der Waals surface area contributed by atoms with E-state index in [1.807, 2.05) is 0 Å². The van der Waals surface area contributed by atoms with Crippen molar-refractivity contribution in [3.63, 3.8) is 0 Å². The molecule has 0 unspecified atom stereocenters. The zero-order chi connectivity index (χ0) is 13.4. The zero-order valence-electron chi connectivity index (χ0n) is 9.22. The van der Waals surface area contributed by atoms with E-state index in [1.165, 1.54) is 12.1 Å². The normalized spacial score (nSPS) is 9.56. The lowest BCUT2D eigenvalue weighted by Gasteiger charge is -2.02. The SMILES string of the molecule is [N-]=[N+]=NSCCCc1ccc([N+](=O)[O-])cc1N=O. The van der Waals surface area contributed by atoms with Crippen LogP contribution in [0.4, 0.5) is 11.4 Å². The standard InChI is InChI=1S/C9H9N5O3S/c10-12-13-18-5-1-2-7-3-4-8(14(16)17)6-9(7)11-15/h3-4,6H,1-2,5H2. The van der Waals surface area contributed by atoms with E-state index in [0.29, 0.717) is 24.2 Å². The van der Waals surface area contributed by atoms with Gasteiger partial charge in [-0.3, -0.25) is 10.1 Å². The molecule has 0 atom stereocenters. The van der Waals surface area contributed by atoms with E-state index in [1.54, 1.807) is 0 Å². The minimum absolute atomic E-state index is 0.0815. The molecule has 0 aliphatic rings. The van der Waals surface area contributed by atoms with E-state index in [9.17, 15) is 15.0 Å². The van der Waals surface area contributed by atoms with Crippen molar-refractivity contribution >= 4 is 23.3 Å². The van der Waals surface area contributed by atoms with E-state index in [2.05, 4.69) is 14.6 Å². The molecule has 1 aromatic rings. The zero-order valence-corrected chi connectivity index (χ0v) is 10.0. The Kier molecular flexibility index (Phi) is 5.62. The van der Waals surface area contributed by atoms with Crippen LogP contribution in [0.3, 0.4) is 0 Å². The van der Waals surface area contributed by atoms with Crippen LogP contribution in [0.2, 0.25) is 0 Å². The Hall–Kier alpha value is -2.12. The number of hydrogen-bond acceptors (Lipinski definition) is 6. The third kappa shape index (κ3) is 4.04. The van der Waals surface area contributed by atoms with Crippen molar-refractivity contribution in [2.75, 3.05) is 5.75 Å². The molecule has 0 radical (unpaired) electrons. The molecule has 18 heavy (non-hydrogen) atoms. The molecule has 0 bridgehead atoms. The highest BCUT2D eigenvalue weighted by Gasteiger charge is 2.10. The maximum absolute atomic E-state index is 10.6. The Bertz CT molecular complexity index is 501. The number of hydrogen-bond donors (Lipinski definition) is 0. The third-order valence-corrected chi connectivity index (χ3v) is 2.81. The number of nitroso groups, excluding NO2 is 1. The predicted molar refractivity (Wildman–Crippen MR) is 68.5 cm³/mol. The molecular formula is C9H9N5O3S. The summed E-state index contributed by atoms with van der Waals surface area (Å²) >= 11 is 1.09. The fourth-order valence-electron chi connectivity index (χ4n) is 1.36. The largest absolute Gasteiger partial charge is 0.271 e. The molecule has 0 aliphatic carbocycles. The van der Waals surface area contributed by atoms with Crippen LogP contribution < -0.4 is 0 Å². The van der Waals surface area contributed by atoms with Crippen LogP contribution in [-0.2, 0) is 6.42 Å². The molecule has 0 heterocycles. The predicted octanol–water partition coefficient (Wildman–Crippen LogP) is 3.88. The summed E-state index contributed by atoms with van der Waals surface area (Å²) in [7, 11) is 0. The molecule has 0 N–H and O–H groups in total. The first kappa shape index (κ1) is 13.9. The van der Waals surface area contributed by atoms with Crippen LogP contribution in [0.5, 0.6) is 0 Å². The topological polar surface area (TPSA) is 121 Å². The van der Waals surface area contributed by atoms with Crippen LogP contribution in [0, 0.1) is 15.0 Å². The number of aryl methyl sites for hydroxylation is 1.